The number of hydrogen-bond acceptors (Lipinski definition) is 0. The van der Waals surface area contributed by atoms with Crippen molar-refractivity contribution in [2.24, 2.45) is 5.92 Å². The highest BCUT2D eigenvalue weighted by atomic mass is 28.3. The molecule has 1 unspecified atom stereocenters. The van der Waals surface area contributed by atoms with E-state index in [9.17, 15) is 0 Å². The molecular weight excluding hydrogens is 124 g/mol. The summed E-state index contributed by atoms with van der Waals surface area (Å²) in [7, 11) is -0.0115. The molecule has 9 heavy (non-hydrogen) atoms. The van der Waals surface area contributed by atoms with Crippen molar-refractivity contribution in [3.8, 4) is 0 Å². The van der Waals surface area contributed by atoms with E-state index in [4.69, 9.17) is 0 Å². The first-order valence-electron chi connectivity index (χ1n) is 3.64. The molecule has 0 aromatic rings. The van der Waals surface area contributed by atoms with Crippen LogP contribution in [0.15, 0.2) is 12.7 Å². The van der Waals surface area contributed by atoms with Gasteiger partial charge in [-0.3, -0.25) is 0 Å². The Morgan fingerprint density at radius 2 is 2.22 bits per heavy atom. The third-order valence-corrected chi connectivity index (χ3v) is 4.22. The first-order valence-corrected chi connectivity index (χ1v) is 6.06. The summed E-state index contributed by atoms with van der Waals surface area (Å²) >= 11 is 0. The van der Waals surface area contributed by atoms with Crippen molar-refractivity contribution in [1.29, 1.82) is 0 Å². The average Bonchev–Trinajstić information content (AvgIpc) is 1.87. The molecule has 0 saturated carbocycles. The molecule has 1 radical (unpaired) electrons. The Labute approximate surface area is 60.6 Å². The number of rotatable bonds is 4. The quantitative estimate of drug-likeness (QED) is 0.417. The van der Waals surface area contributed by atoms with Gasteiger partial charge >= 0.3 is 0 Å². The molecule has 0 rings (SSSR count). The summed E-state index contributed by atoms with van der Waals surface area (Å²) in [4.78, 5) is 0. The number of hydrogen-bond donors (Lipinski definition) is 0. The SMILES string of the molecule is C=CC(C)C[Si](C)CC. The molecule has 0 aromatic carbocycles. The van der Waals surface area contributed by atoms with Crippen molar-refractivity contribution in [2.45, 2.75) is 32.5 Å². The lowest BCUT2D eigenvalue weighted by molar-refractivity contribution is 0.818. The molecule has 0 bridgehead atoms. The summed E-state index contributed by atoms with van der Waals surface area (Å²) in [6.07, 6.45) is 2.06. The van der Waals surface area contributed by atoms with E-state index in [2.05, 4.69) is 33.0 Å². The molecule has 0 aromatic heterocycles. The van der Waals surface area contributed by atoms with E-state index in [0.717, 1.165) is 5.92 Å². The monoisotopic (exact) mass is 141 g/mol. The predicted molar refractivity (Wildman–Crippen MR) is 46.3 cm³/mol. The highest BCUT2D eigenvalue weighted by Gasteiger charge is 2.03. The second-order valence-electron chi connectivity index (χ2n) is 2.73. The van der Waals surface area contributed by atoms with Gasteiger partial charge in [-0.2, -0.15) is 0 Å². The molecule has 0 amide bonds. The molecule has 0 nitrogen and oxygen atoms in total. The van der Waals surface area contributed by atoms with Gasteiger partial charge in [-0.1, -0.05) is 38.6 Å². The van der Waals surface area contributed by atoms with E-state index in [0.29, 0.717) is 0 Å². The van der Waals surface area contributed by atoms with Crippen molar-refractivity contribution < 1.29 is 0 Å². The predicted octanol–water partition coefficient (Wildman–Crippen LogP) is 2.95. The van der Waals surface area contributed by atoms with Crippen LogP contribution in [-0.2, 0) is 0 Å². The molecule has 0 heterocycles. The zero-order valence-corrected chi connectivity index (χ0v) is 7.78. The topological polar surface area (TPSA) is 0 Å². The van der Waals surface area contributed by atoms with E-state index < -0.39 is 0 Å². The highest BCUT2D eigenvalue weighted by molar-refractivity contribution is 6.57. The summed E-state index contributed by atoms with van der Waals surface area (Å²) in [5.74, 6) is 0.740. The van der Waals surface area contributed by atoms with Gasteiger partial charge in [0.1, 0.15) is 0 Å². The second-order valence-corrected chi connectivity index (χ2v) is 5.76. The van der Waals surface area contributed by atoms with Crippen molar-refractivity contribution in [3.63, 3.8) is 0 Å². The molecular formula is C8H17Si. The largest absolute Gasteiger partial charge is 0.103 e. The normalized spacial score (nSPS) is 13.8. The fourth-order valence-electron chi connectivity index (χ4n) is 0.777. The van der Waals surface area contributed by atoms with Crippen LogP contribution in [0.25, 0.3) is 0 Å². The van der Waals surface area contributed by atoms with E-state index in [1.165, 1.54) is 12.1 Å². The van der Waals surface area contributed by atoms with Crippen LogP contribution in [0.1, 0.15) is 13.8 Å². The van der Waals surface area contributed by atoms with Crippen LogP contribution in [0.4, 0.5) is 0 Å². The molecule has 0 spiro atoms. The van der Waals surface area contributed by atoms with E-state index in [-0.39, 0.29) is 8.80 Å². The van der Waals surface area contributed by atoms with Crippen molar-refractivity contribution >= 4 is 8.80 Å². The summed E-state index contributed by atoms with van der Waals surface area (Å²) in [5.41, 5.74) is 0. The first-order chi connectivity index (χ1) is 4.20. The van der Waals surface area contributed by atoms with Crippen LogP contribution in [0.3, 0.4) is 0 Å². The molecule has 0 saturated heterocycles. The van der Waals surface area contributed by atoms with E-state index >= 15 is 0 Å². The lowest BCUT2D eigenvalue weighted by atomic mass is 10.2. The maximum absolute atomic E-state index is 3.76. The fourth-order valence-corrected chi connectivity index (χ4v) is 2.33. The summed E-state index contributed by atoms with van der Waals surface area (Å²) in [6.45, 7) is 10.7. The van der Waals surface area contributed by atoms with Gasteiger partial charge < -0.3 is 0 Å². The minimum absolute atomic E-state index is 0.0115. The summed E-state index contributed by atoms with van der Waals surface area (Å²) in [5, 5.41) is 0. The van der Waals surface area contributed by atoms with Crippen LogP contribution in [-0.4, -0.2) is 8.80 Å². The molecule has 0 aliphatic heterocycles. The fraction of sp³-hybridized carbons (Fsp3) is 0.750. The Hall–Kier alpha value is -0.0431. The zero-order valence-electron chi connectivity index (χ0n) is 6.78. The Morgan fingerprint density at radius 3 is 2.56 bits per heavy atom. The van der Waals surface area contributed by atoms with Gasteiger partial charge in [0.2, 0.25) is 0 Å². The zero-order chi connectivity index (χ0) is 7.28. The van der Waals surface area contributed by atoms with Crippen LogP contribution >= 0.6 is 0 Å². The molecule has 1 atom stereocenters. The lowest BCUT2D eigenvalue weighted by Gasteiger charge is -2.08. The maximum Gasteiger partial charge on any atom is 0.0449 e. The lowest BCUT2D eigenvalue weighted by Crippen LogP contribution is -2.07. The van der Waals surface area contributed by atoms with Gasteiger partial charge in [-0.05, 0) is 5.92 Å². The maximum atomic E-state index is 3.76. The smallest absolute Gasteiger partial charge is 0.0449 e. The Bertz CT molecular complexity index is 78.6. The average molecular weight is 141 g/mol. The Kier molecular flexibility index (Phi) is 4.78. The van der Waals surface area contributed by atoms with E-state index in [1.807, 2.05) is 0 Å². The number of allylic oxidation sites excluding steroid dienone is 1. The van der Waals surface area contributed by atoms with Gasteiger partial charge in [0.15, 0.2) is 0 Å². The molecule has 0 N–H and O–H groups in total. The third-order valence-electron chi connectivity index (χ3n) is 1.68. The van der Waals surface area contributed by atoms with Crippen LogP contribution in [0, 0.1) is 5.92 Å². The minimum Gasteiger partial charge on any atom is -0.103 e. The Balaban J connectivity index is 3.33. The molecule has 1 heteroatoms. The summed E-state index contributed by atoms with van der Waals surface area (Å²) in [6, 6.07) is 2.79. The molecule has 0 fully saturated rings. The van der Waals surface area contributed by atoms with Crippen LogP contribution < -0.4 is 0 Å². The van der Waals surface area contributed by atoms with Crippen LogP contribution in [0.5, 0.6) is 0 Å². The molecule has 0 aliphatic carbocycles. The highest BCUT2D eigenvalue weighted by Crippen LogP contribution is 2.09. The van der Waals surface area contributed by atoms with Gasteiger partial charge in [0, 0.05) is 8.80 Å². The van der Waals surface area contributed by atoms with Crippen molar-refractivity contribution in [1.82, 2.24) is 0 Å². The van der Waals surface area contributed by atoms with Gasteiger partial charge in [0.25, 0.3) is 0 Å². The summed E-state index contributed by atoms with van der Waals surface area (Å²) < 4.78 is 0. The third kappa shape index (κ3) is 4.46. The Morgan fingerprint density at radius 1 is 1.67 bits per heavy atom. The van der Waals surface area contributed by atoms with E-state index in [1.54, 1.807) is 0 Å². The minimum atomic E-state index is -0.0115. The molecule has 0 aliphatic rings. The van der Waals surface area contributed by atoms with Gasteiger partial charge in [-0.25, -0.2) is 0 Å². The van der Waals surface area contributed by atoms with Crippen molar-refractivity contribution in [3.05, 3.63) is 12.7 Å². The standard InChI is InChI=1S/C8H17Si/c1-5-8(3)7-9(4)6-2/h5,8H,1,6-7H2,2-4H3. The van der Waals surface area contributed by atoms with Crippen molar-refractivity contribution in [2.75, 3.05) is 0 Å². The van der Waals surface area contributed by atoms with Gasteiger partial charge in [0.05, 0.1) is 0 Å². The van der Waals surface area contributed by atoms with Crippen LogP contribution in [0.2, 0.25) is 18.6 Å². The van der Waals surface area contributed by atoms with Gasteiger partial charge in [-0.15, -0.1) is 6.58 Å². The first kappa shape index (κ1) is 8.96. The molecule has 53 valence electrons. The second kappa shape index (κ2) is 4.80.